The van der Waals surface area contributed by atoms with Crippen molar-refractivity contribution < 1.29 is 14.0 Å². The maximum Gasteiger partial charge on any atom is 0.225 e. The van der Waals surface area contributed by atoms with Gasteiger partial charge in [-0.2, -0.15) is 0 Å². The Balaban J connectivity index is 1.47. The molecule has 1 saturated heterocycles. The van der Waals surface area contributed by atoms with Crippen molar-refractivity contribution in [3.05, 3.63) is 71.5 Å². The molecule has 1 atom stereocenters. The number of ketones is 1. The summed E-state index contributed by atoms with van der Waals surface area (Å²) in [4.78, 5) is 28.9. The van der Waals surface area contributed by atoms with E-state index >= 15 is 0 Å². The van der Waals surface area contributed by atoms with Crippen molar-refractivity contribution in [2.75, 3.05) is 32.7 Å². The van der Waals surface area contributed by atoms with Crippen LogP contribution in [0.2, 0.25) is 0 Å². The highest BCUT2D eigenvalue weighted by Gasteiger charge is 2.26. The van der Waals surface area contributed by atoms with E-state index in [0.717, 1.165) is 6.42 Å². The van der Waals surface area contributed by atoms with Crippen molar-refractivity contribution in [3.8, 4) is 0 Å². The summed E-state index contributed by atoms with van der Waals surface area (Å²) >= 11 is 0. The zero-order chi connectivity index (χ0) is 19.2. The van der Waals surface area contributed by atoms with Gasteiger partial charge in [0.15, 0.2) is 5.78 Å². The number of carbonyl (C=O) groups is 2. The molecule has 142 valence electrons. The van der Waals surface area contributed by atoms with Gasteiger partial charge in [-0.3, -0.25) is 14.5 Å². The van der Waals surface area contributed by atoms with Crippen LogP contribution in [0.1, 0.15) is 22.8 Å². The number of halogens is 1. The molecule has 1 unspecified atom stereocenters. The van der Waals surface area contributed by atoms with Gasteiger partial charge in [0.2, 0.25) is 5.91 Å². The molecule has 0 spiro atoms. The predicted molar refractivity (Wildman–Crippen MR) is 103 cm³/mol. The Hall–Kier alpha value is -2.53. The second kappa shape index (κ2) is 8.91. The lowest BCUT2D eigenvalue weighted by Crippen LogP contribution is -2.51. The molecular weight excluding hydrogens is 343 g/mol. The molecule has 5 heteroatoms. The van der Waals surface area contributed by atoms with Crippen LogP contribution in [0.25, 0.3) is 0 Å². The van der Waals surface area contributed by atoms with Crippen LogP contribution >= 0.6 is 0 Å². The summed E-state index contributed by atoms with van der Waals surface area (Å²) in [6.45, 7) is 4.89. The molecule has 1 fully saturated rings. The minimum absolute atomic E-state index is 0.0211. The molecule has 27 heavy (non-hydrogen) atoms. The molecule has 4 nitrogen and oxygen atoms in total. The lowest BCUT2D eigenvalue weighted by molar-refractivity contribution is -0.136. The summed E-state index contributed by atoms with van der Waals surface area (Å²) in [5.41, 5.74) is 1.69. The van der Waals surface area contributed by atoms with Gasteiger partial charge in [0.1, 0.15) is 5.82 Å². The van der Waals surface area contributed by atoms with Crippen molar-refractivity contribution in [1.29, 1.82) is 0 Å². The third-order valence-corrected chi connectivity index (χ3v) is 5.02. The summed E-state index contributed by atoms with van der Waals surface area (Å²) in [5.74, 6) is -0.251. The molecule has 2 aromatic carbocycles. The van der Waals surface area contributed by atoms with E-state index in [1.165, 1.54) is 29.8 Å². The molecule has 0 saturated carbocycles. The van der Waals surface area contributed by atoms with Crippen LogP contribution < -0.4 is 0 Å². The molecule has 2 aromatic rings. The number of nitrogens with zero attached hydrogens (tertiary/aromatic N) is 2. The van der Waals surface area contributed by atoms with E-state index in [0.29, 0.717) is 38.3 Å². The number of carbonyl (C=O) groups excluding carboxylic acids is 2. The minimum atomic E-state index is -0.344. The SMILES string of the molecule is CC(Cc1ccccc1)C(=O)N1CCN(CC(=O)c2ccc(F)cc2)CC1. The fraction of sp³-hybridized carbons (Fsp3) is 0.364. The molecule has 1 aliphatic heterocycles. The molecule has 1 aliphatic rings. The topological polar surface area (TPSA) is 40.6 Å². The smallest absolute Gasteiger partial charge is 0.225 e. The van der Waals surface area contributed by atoms with Gasteiger partial charge in [-0.15, -0.1) is 0 Å². The van der Waals surface area contributed by atoms with Gasteiger partial charge < -0.3 is 4.90 Å². The fourth-order valence-electron chi connectivity index (χ4n) is 3.42. The first-order valence-electron chi connectivity index (χ1n) is 9.37. The fourth-order valence-corrected chi connectivity index (χ4v) is 3.42. The number of benzene rings is 2. The Labute approximate surface area is 159 Å². The van der Waals surface area contributed by atoms with Crippen molar-refractivity contribution in [1.82, 2.24) is 9.80 Å². The minimum Gasteiger partial charge on any atom is -0.340 e. The molecule has 0 aromatic heterocycles. The first-order chi connectivity index (χ1) is 13.0. The van der Waals surface area contributed by atoms with Gasteiger partial charge in [0.05, 0.1) is 6.54 Å². The van der Waals surface area contributed by atoms with Gasteiger partial charge in [-0.1, -0.05) is 37.3 Å². The second-order valence-corrected chi connectivity index (χ2v) is 7.12. The maximum atomic E-state index is 13.0. The predicted octanol–water partition coefficient (Wildman–Crippen LogP) is 3.03. The standard InChI is InChI=1S/C22H25FN2O2/c1-17(15-18-5-3-2-4-6-18)22(27)25-13-11-24(12-14-25)16-21(26)19-7-9-20(23)10-8-19/h2-10,17H,11-16H2,1H3. The highest BCUT2D eigenvalue weighted by molar-refractivity contribution is 5.97. The Morgan fingerprint density at radius 3 is 2.22 bits per heavy atom. The van der Waals surface area contributed by atoms with Crippen LogP contribution in [0.15, 0.2) is 54.6 Å². The number of hydrogen-bond donors (Lipinski definition) is 0. The van der Waals surface area contributed by atoms with Crippen molar-refractivity contribution >= 4 is 11.7 Å². The zero-order valence-corrected chi connectivity index (χ0v) is 15.6. The number of amides is 1. The second-order valence-electron chi connectivity index (χ2n) is 7.12. The van der Waals surface area contributed by atoms with E-state index in [4.69, 9.17) is 0 Å². The normalized spacial score (nSPS) is 16.1. The molecule has 0 bridgehead atoms. The Morgan fingerprint density at radius 2 is 1.59 bits per heavy atom. The van der Waals surface area contributed by atoms with E-state index in [2.05, 4.69) is 4.90 Å². The molecule has 0 N–H and O–H groups in total. The Kier molecular flexibility index (Phi) is 6.35. The Bertz CT molecular complexity index is 769. The summed E-state index contributed by atoms with van der Waals surface area (Å²) in [7, 11) is 0. The molecular formula is C22H25FN2O2. The van der Waals surface area contributed by atoms with Crippen molar-refractivity contribution in [2.45, 2.75) is 13.3 Å². The lowest BCUT2D eigenvalue weighted by atomic mass is 9.99. The number of rotatable bonds is 6. The highest BCUT2D eigenvalue weighted by Crippen LogP contribution is 2.14. The first-order valence-corrected chi connectivity index (χ1v) is 9.37. The summed E-state index contributed by atoms with van der Waals surface area (Å²) in [6, 6.07) is 15.7. The average molecular weight is 368 g/mol. The van der Waals surface area contributed by atoms with Crippen LogP contribution in [0.3, 0.4) is 0 Å². The molecule has 1 amide bonds. The van der Waals surface area contributed by atoms with Crippen LogP contribution in [-0.4, -0.2) is 54.2 Å². The van der Waals surface area contributed by atoms with Gasteiger partial charge in [0, 0.05) is 37.7 Å². The first kappa shape index (κ1) is 19.2. The average Bonchev–Trinajstić information content (AvgIpc) is 2.69. The van der Waals surface area contributed by atoms with Crippen LogP contribution in [0.5, 0.6) is 0 Å². The number of Topliss-reactive ketones (excluding diaryl/α,β-unsaturated/α-hetero) is 1. The third-order valence-electron chi connectivity index (χ3n) is 5.02. The number of piperazine rings is 1. The molecule has 3 rings (SSSR count). The van der Waals surface area contributed by atoms with Gasteiger partial charge in [-0.25, -0.2) is 4.39 Å². The lowest BCUT2D eigenvalue weighted by Gasteiger charge is -2.35. The quantitative estimate of drug-likeness (QED) is 0.736. The zero-order valence-electron chi connectivity index (χ0n) is 15.6. The Morgan fingerprint density at radius 1 is 0.963 bits per heavy atom. The van der Waals surface area contributed by atoms with Crippen LogP contribution in [0.4, 0.5) is 4.39 Å². The third kappa shape index (κ3) is 5.23. The van der Waals surface area contributed by atoms with E-state index in [1.807, 2.05) is 42.2 Å². The van der Waals surface area contributed by atoms with Gasteiger partial charge in [0.25, 0.3) is 0 Å². The van der Waals surface area contributed by atoms with Gasteiger partial charge in [-0.05, 0) is 36.2 Å². The van der Waals surface area contributed by atoms with Crippen molar-refractivity contribution in [3.63, 3.8) is 0 Å². The molecule has 0 aliphatic carbocycles. The van der Waals surface area contributed by atoms with Gasteiger partial charge >= 0.3 is 0 Å². The van der Waals surface area contributed by atoms with E-state index in [9.17, 15) is 14.0 Å². The largest absolute Gasteiger partial charge is 0.340 e. The monoisotopic (exact) mass is 368 g/mol. The number of hydrogen-bond acceptors (Lipinski definition) is 3. The summed E-state index contributed by atoms with van der Waals surface area (Å²) < 4.78 is 13.0. The van der Waals surface area contributed by atoms with E-state index in [-0.39, 0.29) is 23.4 Å². The van der Waals surface area contributed by atoms with E-state index < -0.39 is 0 Å². The van der Waals surface area contributed by atoms with Crippen LogP contribution in [-0.2, 0) is 11.2 Å². The maximum absolute atomic E-state index is 13.0. The van der Waals surface area contributed by atoms with E-state index in [1.54, 1.807) is 0 Å². The summed E-state index contributed by atoms with van der Waals surface area (Å²) in [5, 5.41) is 0. The van der Waals surface area contributed by atoms with Crippen molar-refractivity contribution in [2.24, 2.45) is 5.92 Å². The molecule has 1 heterocycles. The highest BCUT2D eigenvalue weighted by atomic mass is 19.1. The summed E-state index contributed by atoms with van der Waals surface area (Å²) in [6.07, 6.45) is 0.739. The van der Waals surface area contributed by atoms with Crippen LogP contribution in [0, 0.1) is 11.7 Å². The molecule has 0 radical (unpaired) electrons.